The molecule has 2 atom stereocenters. The Hall–Kier alpha value is -3.18. The summed E-state index contributed by atoms with van der Waals surface area (Å²) in [5.74, 6) is -0.600. The van der Waals surface area contributed by atoms with Gasteiger partial charge in [0.15, 0.2) is 0 Å². The van der Waals surface area contributed by atoms with Gasteiger partial charge in [0.1, 0.15) is 0 Å². The fraction of sp³-hybridized carbons (Fsp3) is 0.172. The fourth-order valence-corrected chi connectivity index (χ4v) is 4.95. The van der Waals surface area contributed by atoms with Crippen LogP contribution in [0, 0.1) is 0 Å². The molecule has 0 aromatic heterocycles. The Morgan fingerprint density at radius 3 is 2.17 bits per heavy atom. The van der Waals surface area contributed by atoms with Crippen molar-refractivity contribution < 1.29 is 14.3 Å². The number of hydrogen-bond donors (Lipinski definition) is 0. The van der Waals surface area contributed by atoms with E-state index in [0.29, 0.717) is 34.2 Å². The predicted molar refractivity (Wildman–Crippen MR) is 139 cm³/mol. The van der Waals surface area contributed by atoms with Crippen LogP contribution in [0.25, 0.3) is 10.8 Å². The number of rotatable bonds is 7. The number of hydrogen-bond acceptors (Lipinski definition) is 3. The minimum Gasteiger partial charge on any atom is -0.371 e. The third-order valence-corrected chi connectivity index (χ3v) is 7.26. The van der Waals surface area contributed by atoms with Gasteiger partial charge >= 0.3 is 0 Å². The molecule has 176 valence electrons. The molecular formula is C29H23Cl2NO3. The number of amides is 2. The third kappa shape index (κ3) is 4.57. The van der Waals surface area contributed by atoms with Gasteiger partial charge in [0.2, 0.25) is 0 Å². The van der Waals surface area contributed by atoms with E-state index in [9.17, 15) is 9.59 Å². The van der Waals surface area contributed by atoms with Crippen molar-refractivity contribution in [2.75, 3.05) is 0 Å². The van der Waals surface area contributed by atoms with Crippen LogP contribution >= 0.6 is 23.2 Å². The predicted octanol–water partition coefficient (Wildman–Crippen LogP) is 6.96. The summed E-state index contributed by atoms with van der Waals surface area (Å²) in [6.07, 6.45) is -0.00983. The Morgan fingerprint density at radius 2 is 1.46 bits per heavy atom. The van der Waals surface area contributed by atoms with Gasteiger partial charge < -0.3 is 4.74 Å². The third-order valence-electron chi connectivity index (χ3n) is 6.52. The summed E-state index contributed by atoms with van der Waals surface area (Å²) < 4.78 is 6.46. The largest absolute Gasteiger partial charge is 0.371 e. The molecule has 0 bridgehead atoms. The van der Waals surface area contributed by atoms with Crippen LogP contribution in [0.5, 0.6) is 0 Å². The number of nitrogens with zero attached hydrogens (tertiary/aromatic N) is 1. The molecule has 4 nitrogen and oxygen atoms in total. The van der Waals surface area contributed by atoms with Gasteiger partial charge in [-0.1, -0.05) is 83.9 Å². The fourth-order valence-electron chi connectivity index (χ4n) is 4.63. The normalized spacial score (nSPS) is 14.9. The van der Waals surface area contributed by atoms with E-state index in [-0.39, 0.29) is 11.8 Å². The second-order valence-electron chi connectivity index (χ2n) is 8.71. The second-order valence-corrected chi connectivity index (χ2v) is 9.52. The van der Waals surface area contributed by atoms with Crippen molar-refractivity contribution in [2.45, 2.75) is 32.1 Å². The summed E-state index contributed by atoms with van der Waals surface area (Å²) in [5.41, 5.74) is 2.79. The lowest BCUT2D eigenvalue weighted by Gasteiger charge is -2.31. The molecule has 1 heterocycles. The van der Waals surface area contributed by atoms with Crippen molar-refractivity contribution in [3.05, 3.63) is 117 Å². The van der Waals surface area contributed by atoms with Crippen molar-refractivity contribution in [3.63, 3.8) is 0 Å². The minimum absolute atomic E-state index is 0.300. The van der Waals surface area contributed by atoms with Crippen molar-refractivity contribution in [3.8, 4) is 0 Å². The van der Waals surface area contributed by atoms with Crippen LogP contribution in [0.3, 0.4) is 0 Å². The molecule has 4 aromatic carbocycles. The maximum absolute atomic E-state index is 13.2. The zero-order valence-corrected chi connectivity index (χ0v) is 20.6. The van der Waals surface area contributed by atoms with E-state index in [4.69, 9.17) is 27.9 Å². The molecule has 0 fully saturated rings. The summed E-state index contributed by atoms with van der Waals surface area (Å²) >= 11 is 12.4. The van der Waals surface area contributed by atoms with Crippen molar-refractivity contribution >= 4 is 45.8 Å². The lowest BCUT2D eigenvalue weighted by atomic mass is 10.0. The Kier molecular flexibility index (Phi) is 6.61. The van der Waals surface area contributed by atoms with E-state index in [0.717, 1.165) is 21.9 Å². The van der Waals surface area contributed by atoms with Gasteiger partial charge in [-0.15, -0.1) is 0 Å². The Bertz CT molecular complexity index is 1390. The van der Waals surface area contributed by atoms with E-state index < -0.39 is 12.1 Å². The molecule has 0 aliphatic carbocycles. The summed E-state index contributed by atoms with van der Waals surface area (Å²) in [6, 6.07) is 26.1. The van der Waals surface area contributed by atoms with Crippen molar-refractivity contribution in [1.29, 1.82) is 0 Å². The number of imide groups is 1. The molecular weight excluding hydrogens is 481 g/mol. The van der Waals surface area contributed by atoms with Crippen molar-refractivity contribution in [1.82, 2.24) is 4.90 Å². The lowest BCUT2D eigenvalue weighted by Crippen LogP contribution is -2.46. The molecule has 0 radical (unpaired) electrons. The summed E-state index contributed by atoms with van der Waals surface area (Å²) in [6.45, 7) is 2.19. The molecule has 1 aliphatic heterocycles. The maximum Gasteiger partial charge on any atom is 0.261 e. The SMILES string of the molecule is CC(C(Cc1ccc(Cl)c(Cl)c1)OCc1cccc2ccccc12)N1C(=O)c2ccccc2C1=O. The standard InChI is InChI=1S/C29H23Cl2NO3/c1-18(32-28(33)23-11-4-5-12-24(23)29(32)34)27(16-19-13-14-25(30)26(31)15-19)35-17-21-9-6-8-20-7-2-3-10-22(20)21/h2-15,18,27H,16-17H2,1H3. The number of carbonyl (C=O) groups is 2. The van der Waals surface area contributed by atoms with Gasteiger partial charge in [-0.2, -0.15) is 0 Å². The van der Waals surface area contributed by atoms with Crippen LogP contribution < -0.4 is 0 Å². The highest BCUT2D eigenvalue weighted by Crippen LogP contribution is 2.29. The van der Waals surface area contributed by atoms with E-state index in [2.05, 4.69) is 18.2 Å². The van der Waals surface area contributed by atoms with Gasteiger partial charge in [-0.25, -0.2) is 0 Å². The first kappa shape index (κ1) is 23.6. The molecule has 6 heteroatoms. The number of benzene rings is 4. The first-order valence-corrected chi connectivity index (χ1v) is 12.2. The van der Waals surface area contributed by atoms with Gasteiger partial charge in [-0.3, -0.25) is 14.5 Å². The van der Waals surface area contributed by atoms with Crippen LogP contribution in [0.1, 0.15) is 38.8 Å². The molecule has 2 amide bonds. The maximum atomic E-state index is 13.2. The highest BCUT2D eigenvalue weighted by Gasteiger charge is 2.41. The molecule has 1 aliphatic rings. The first-order chi connectivity index (χ1) is 16.9. The number of halogens is 2. The Morgan fingerprint density at radius 1 is 0.800 bits per heavy atom. The molecule has 0 saturated carbocycles. The zero-order chi connectivity index (χ0) is 24.5. The minimum atomic E-state index is -0.508. The topological polar surface area (TPSA) is 46.6 Å². The van der Waals surface area contributed by atoms with Crippen LogP contribution in [0.4, 0.5) is 0 Å². The smallest absolute Gasteiger partial charge is 0.261 e. The van der Waals surface area contributed by atoms with Crippen molar-refractivity contribution in [2.24, 2.45) is 0 Å². The zero-order valence-electron chi connectivity index (χ0n) is 19.1. The number of carbonyl (C=O) groups excluding carboxylic acids is 2. The van der Waals surface area contributed by atoms with E-state index >= 15 is 0 Å². The Balaban J connectivity index is 1.45. The molecule has 4 aromatic rings. The first-order valence-electron chi connectivity index (χ1n) is 11.4. The van der Waals surface area contributed by atoms with E-state index in [1.807, 2.05) is 37.3 Å². The highest BCUT2D eigenvalue weighted by molar-refractivity contribution is 6.42. The molecule has 0 spiro atoms. The van der Waals surface area contributed by atoms with Gasteiger partial charge in [0.05, 0.1) is 39.9 Å². The average molecular weight is 504 g/mol. The molecule has 35 heavy (non-hydrogen) atoms. The summed E-state index contributed by atoms with van der Waals surface area (Å²) in [7, 11) is 0. The van der Waals surface area contributed by atoms with Gasteiger partial charge in [-0.05, 0) is 53.1 Å². The van der Waals surface area contributed by atoms with Gasteiger partial charge in [0.25, 0.3) is 11.8 Å². The van der Waals surface area contributed by atoms with E-state index in [1.165, 1.54) is 4.90 Å². The van der Waals surface area contributed by atoms with Crippen LogP contribution in [0.15, 0.2) is 84.9 Å². The molecule has 0 N–H and O–H groups in total. The quantitative estimate of drug-likeness (QED) is 0.256. The monoisotopic (exact) mass is 503 g/mol. The Labute approximate surface area is 214 Å². The second kappa shape index (κ2) is 9.82. The van der Waals surface area contributed by atoms with Crippen LogP contribution in [-0.2, 0) is 17.8 Å². The van der Waals surface area contributed by atoms with Gasteiger partial charge in [0, 0.05) is 6.42 Å². The number of ether oxygens (including phenoxy) is 1. The summed E-state index contributed by atoms with van der Waals surface area (Å²) in [4.78, 5) is 27.6. The average Bonchev–Trinajstić information content (AvgIpc) is 3.13. The van der Waals surface area contributed by atoms with Crippen LogP contribution in [0.2, 0.25) is 10.0 Å². The molecule has 5 rings (SSSR count). The number of fused-ring (bicyclic) bond motifs is 2. The van der Waals surface area contributed by atoms with E-state index in [1.54, 1.807) is 36.4 Å². The molecule has 2 unspecified atom stereocenters. The molecule has 0 saturated heterocycles. The lowest BCUT2D eigenvalue weighted by molar-refractivity contribution is -0.00837. The van der Waals surface area contributed by atoms with Crippen LogP contribution in [-0.4, -0.2) is 28.9 Å². The highest BCUT2D eigenvalue weighted by atomic mass is 35.5. The summed E-state index contributed by atoms with van der Waals surface area (Å²) in [5, 5.41) is 3.15.